The highest BCUT2D eigenvalue weighted by atomic mass is 127. The van der Waals surface area contributed by atoms with Crippen LogP contribution in [0.5, 0.6) is 0 Å². The van der Waals surface area contributed by atoms with Gasteiger partial charge in [-0.1, -0.05) is 6.92 Å². The number of H-pyrrole nitrogens is 1. The highest BCUT2D eigenvalue weighted by Gasteiger charge is 2.08. The van der Waals surface area contributed by atoms with Crippen LogP contribution in [0.4, 0.5) is 0 Å². The minimum atomic E-state index is -0.00745. The second-order valence-electron chi connectivity index (χ2n) is 2.81. The van der Waals surface area contributed by atoms with E-state index in [9.17, 15) is 4.79 Å². The maximum absolute atomic E-state index is 10.1. The quantitative estimate of drug-likeness (QED) is 0.667. The highest BCUT2D eigenvalue weighted by Crippen LogP contribution is 2.10. The lowest BCUT2D eigenvalue weighted by Crippen LogP contribution is -2.14. The van der Waals surface area contributed by atoms with Gasteiger partial charge in [0.2, 0.25) is 0 Å². The molecule has 1 unspecified atom stereocenters. The predicted octanol–water partition coefficient (Wildman–Crippen LogP) is 2.11. The van der Waals surface area contributed by atoms with Crippen LogP contribution in [0.25, 0.3) is 0 Å². The molecule has 1 atom stereocenters. The molecule has 0 saturated carbocycles. The van der Waals surface area contributed by atoms with Crippen molar-refractivity contribution < 1.29 is 9.53 Å². The van der Waals surface area contributed by atoms with E-state index in [4.69, 9.17) is 4.74 Å². The molecule has 0 spiro atoms. The van der Waals surface area contributed by atoms with Gasteiger partial charge in [0.25, 0.3) is 6.47 Å². The summed E-state index contributed by atoms with van der Waals surface area (Å²) >= 11 is 2.24. The molecule has 0 aliphatic rings. The summed E-state index contributed by atoms with van der Waals surface area (Å²) < 4.78 is 6.08. The van der Waals surface area contributed by atoms with Gasteiger partial charge in [0.05, 0.1) is 0 Å². The first kappa shape index (κ1) is 10.6. The number of aromatic nitrogens is 1. The van der Waals surface area contributed by atoms with E-state index in [1.165, 1.54) is 3.57 Å². The number of nitrogens with one attached hydrogen (secondary N) is 1. The van der Waals surface area contributed by atoms with Crippen molar-refractivity contribution in [3.05, 3.63) is 21.5 Å². The molecule has 1 rings (SSSR count). The van der Waals surface area contributed by atoms with Gasteiger partial charge in [-0.15, -0.1) is 0 Å². The minimum absolute atomic E-state index is 0.00745. The first-order valence-electron chi connectivity index (χ1n) is 4.18. The molecule has 4 heteroatoms. The van der Waals surface area contributed by atoms with Crippen molar-refractivity contribution in [1.29, 1.82) is 0 Å². The monoisotopic (exact) mass is 293 g/mol. The van der Waals surface area contributed by atoms with Crippen LogP contribution >= 0.6 is 22.6 Å². The zero-order valence-electron chi connectivity index (χ0n) is 7.42. The molecular formula is C9H12INO2. The maximum Gasteiger partial charge on any atom is 0.293 e. The van der Waals surface area contributed by atoms with E-state index in [0.29, 0.717) is 6.47 Å². The van der Waals surface area contributed by atoms with E-state index in [0.717, 1.165) is 18.5 Å². The van der Waals surface area contributed by atoms with Crippen molar-refractivity contribution in [2.75, 3.05) is 0 Å². The van der Waals surface area contributed by atoms with Crippen molar-refractivity contribution in [3.8, 4) is 0 Å². The number of carbonyl (C=O) groups excluding carboxylic acids is 1. The maximum atomic E-state index is 10.1. The Kier molecular flexibility index (Phi) is 4.27. The number of hydrogen-bond donors (Lipinski definition) is 1. The lowest BCUT2D eigenvalue weighted by molar-refractivity contribution is -0.133. The number of ether oxygens (including phenoxy) is 1. The first-order chi connectivity index (χ1) is 6.26. The normalized spacial score (nSPS) is 12.5. The van der Waals surface area contributed by atoms with E-state index in [1.807, 2.05) is 13.1 Å². The smallest absolute Gasteiger partial charge is 0.293 e. The van der Waals surface area contributed by atoms with Crippen LogP contribution in [-0.4, -0.2) is 17.6 Å². The summed E-state index contributed by atoms with van der Waals surface area (Å²) in [7, 11) is 0. The Labute approximate surface area is 91.0 Å². The summed E-state index contributed by atoms with van der Waals surface area (Å²) in [5.41, 5.74) is 1.11. The van der Waals surface area contributed by atoms with Crippen LogP contribution in [0, 0.1) is 3.57 Å². The summed E-state index contributed by atoms with van der Waals surface area (Å²) in [6, 6.07) is 2.05. The van der Waals surface area contributed by atoms with Gasteiger partial charge < -0.3 is 9.72 Å². The minimum Gasteiger partial charge on any atom is -0.464 e. The molecule has 3 nitrogen and oxygen atoms in total. The van der Waals surface area contributed by atoms with Gasteiger partial charge in [-0.05, 0) is 35.1 Å². The highest BCUT2D eigenvalue weighted by molar-refractivity contribution is 14.1. The molecule has 1 heterocycles. The van der Waals surface area contributed by atoms with Crippen molar-refractivity contribution >= 4 is 29.1 Å². The molecule has 1 aromatic rings. The molecule has 0 bridgehead atoms. The molecule has 0 aliphatic heterocycles. The Hall–Kier alpha value is -0.520. The van der Waals surface area contributed by atoms with Gasteiger partial charge in [-0.3, -0.25) is 4.79 Å². The zero-order valence-corrected chi connectivity index (χ0v) is 9.58. The summed E-state index contributed by atoms with van der Waals surface area (Å²) in [6.45, 7) is 2.52. The molecule has 0 aromatic carbocycles. The molecule has 0 aliphatic carbocycles. The molecule has 72 valence electrons. The third-order valence-corrected chi connectivity index (χ3v) is 2.48. The van der Waals surface area contributed by atoms with Gasteiger partial charge >= 0.3 is 0 Å². The SMILES string of the molecule is CCC(Cc1cc(I)c[nH]1)OC=O. The third kappa shape index (κ3) is 3.38. The Morgan fingerprint density at radius 2 is 2.54 bits per heavy atom. The van der Waals surface area contributed by atoms with Gasteiger partial charge in [0, 0.05) is 21.9 Å². The topological polar surface area (TPSA) is 42.1 Å². The number of rotatable bonds is 5. The largest absolute Gasteiger partial charge is 0.464 e. The van der Waals surface area contributed by atoms with E-state index in [1.54, 1.807) is 0 Å². The van der Waals surface area contributed by atoms with Crippen molar-refractivity contribution in [2.45, 2.75) is 25.9 Å². The van der Waals surface area contributed by atoms with Crippen molar-refractivity contribution in [1.82, 2.24) is 4.98 Å². The third-order valence-electron chi connectivity index (χ3n) is 1.86. The summed E-state index contributed by atoms with van der Waals surface area (Å²) in [5.74, 6) is 0. The lowest BCUT2D eigenvalue weighted by atomic mass is 10.1. The van der Waals surface area contributed by atoms with Crippen molar-refractivity contribution in [2.24, 2.45) is 0 Å². The van der Waals surface area contributed by atoms with Gasteiger partial charge in [-0.25, -0.2) is 0 Å². The van der Waals surface area contributed by atoms with Crippen LogP contribution in [0.1, 0.15) is 19.0 Å². The summed E-state index contributed by atoms with van der Waals surface area (Å²) in [5, 5.41) is 0. The van der Waals surface area contributed by atoms with Gasteiger partial charge in [0.1, 0.15) is 6.10 Å². The molecular weight excluding hydrogens is 281 g/mol. The van der Waals surface area contributed by atoms with Crippen LogP contribution < -0.4 is 0 Å². The lowest BCUT2D eigenvalue weighted by Gasteiger charge is -2.10. The second-order valence-corrected chi connectivity index (χ2v) is 4.06. The fourth-order valence-electron chi connectivity index (χ4n) is 1.14. The Balaban J connectivity index is 2.50. The van der Waals surface area contributed by atoms with Crippen LogP contribution in [0.3, 0.4) is 0 Å². The average Bonchev–Trinajstić information content (AvgIpc) is 2.50. The standard InChI is InChI=1S/C9H12INO2/c1-2-9(13-6-12)4-8-3-7(10)5-11-8/h3,5-6,9,11H,2,4H2,1H3. The molecule has 0 fully saturated rings. The van der Waals surface area contributed by atoms with Gasteiger partial charge in [-0.2, -0.15) is 0 Å². The molecule has 0 saturated heterocycles. The summed E-state index contributed by atoms with van der Waals surface area (Å²) in [4.78, 5) is 13.3. The van der Waals surface area contributed by atoms with E-state index in [-0.39, 0.29) is 6.10 Å². The predicted molar refractivity (Wildman–Crippen MR) is 58.4 cm³/mol. The van der Waals surface area contributed by atoms with E-state index < -0.39 is 0 Å². The van der Waals surface area contributed by atoms with Crippen molar-refractivity contribution in [3.63, 3.8) is 0 Å². The second kappa shape index (κ2) is 5.26. The first-order valence-corrected chi connectivity index (χ1v) is 5.26. The molecule has 1 aromatic heterocycles. The molecule has 13 heavy (non-hydrogen) atoms. The number of hydrogen-bond acceptors (Lipinski definition) is 2. The number of carbonyl (C=O) groups is 1. The van der Waals surface area contributed by atoms with Gasteiger partial charge in [0.15, 0.2) is 0 Å². The fourth-order valence-corrected chi connectivity index (χ4v) is 1.67. The summed E-state index contributed by atoms with van der Waals surface area (Å²) in [6.07, 6.45) is 3.53. The van der Waals surface area contributed by atoms with Crippen LogP contribution in [-0.2, 0) is 16.0 Å². The number of halogens is 1. The van der Waals surface area contributed by atoms with E-state index >= 15 is 0 Å². The molecule has 1 N–H and O–H groups in total. The van der Waals surface area contributed by atoms with Crippen LogP contribution in [0.15, 0.2) is 12.3 Å². The fraction of sp³-hybridized carbons (Fsp3) is 0.444. The number of aromatic amines is 1. The van der Waals surface area contributed by atoms with E-state index in [2.05, 4.69) is 33.6 Å². The van der Waals surface area contributed by atoms with Crippen LogP contribution in [0.2, 0.25) is 0 Å². The zero-order chi connectivity index (χ0) is 9.68. The average molecular weight is 293 g/mol. The Morgan fingerprint density at radius 1 is 1.77 bits per heavy atom. The Bertz CT molecular complexity index is 272. The molecule has 0 radical (unpaired) electrons. The molecule has 0 amide bonds. The Morgan fingerprint density at radius 3 is 3.00 bits per heavy atom.